The van der Waals surface area contributed by atoms with E-state index in [9.17, 15) is 9.59 Å². The Morgan fingerprint density at radius 3 is 2.00 bits per heavy atom. The molecule has 1 heterocycles. The fourth-order valence-corrected chi connectivity index (χ4v) is 2.98. The Hall–Kier alpha value is -2.69. The van der Waals surface area contributed by atoms with Crippen LogP contribution in [0.3, 0.4) is 0 Å². The van der Waals surface area contributed by atoms with Crippen LogP contribution in [0.25, 0.3) is 0 Å². The van der Waals surface area contributed by atoms with Gasteiger partial charge < -0.3 is 10.6 Å². The second-order valence-electron chi connectivity index (χ2n) is 8.71. The number of benzene rings is 1. The maximum Gasteiger partial charge on any atom is 0.274 e. The zero-order chi connectivity index (χ0) is 21.1. The first kappa shape index (κ1) is 21.6. The van der Waals surface area contributed by atoms with E-state index < -0.39 is 0 Å². The van der Waals surface area contributed by atoms with E-state index in [4.69, 9.17) is 0 Å². The van der Waals surface area contributed by atoms with Crippen LogP contribution in [-0.2, 0) is 0 Å². The Balaban J connectivity index is 2.34. The van der Waals surface area contributed by atoms with Crippen molar-refractivity contribution >= 4 is 17.5 Å². The van der Waals surface area contributed by atoms with Gasteiger partial charge in [-0.15, -0.1) is 0 Å². The average Bonchev–Trinajstić information content (AvgIpc) is 2.60. The lowest BCUT2D eigenvalue weighted by molar-refractivity contribution is 0.0919. The zero-order valence-electron chi connectivity index (χ0n) is 17.9. The highest BCUT2D eigenvalue weighted by atomic mass is 16.2. The normalized spacial score (nSPS) is 11.6. The highest BCUT2D eigenvalue weighted by Crippen LogP contribution is 2.32. The fraction of sp³-hybridized carbons (Fsp3) is 0.435. The van der Waals surface area contributed by atoms with Crippen molar-refractivity contribution in [3.63, 3.8) is 0 Å². The van der Waals surface area contributed by atoms with Crippen molar-refractivity contribution in [2.45, 2.75) is 65.8 Å². The molecular formula is C23H31N3O2. The van der Waals surface area contributed by atoms with Gasteiger partial charge in [0.2, 0.25) is 0 Å². The van der Waals surface area contributed by atoms with Gasteiger partial charge in [0.1, 0.15) is 5.69 Å². The number of anilines is 1. The minimum atomic E-state index is -0.356. The molecule has 0 radical (unpaired) electrons. The molecule has 2 aromatic rings. The molecule has 150 valence electrons. The molecule has 5 heteroatoms. The van der Waals surface area contributed by atoms with Crippen molar-refractivity contribution in [2.24, 2.45) is 0 Å². The zero-order valence-corrected chi connectivity index (χ0v) is 17.9. The molecule has 0 saturated heterocycles. The average molecular weight is 382 g/mol. The lowest BCUT2D eigenvalue weighted by atomic mass is 9.92. The SMILES string of the molecule is CC(C)c1cccc(C(C)C)c1NC(=O)c1cc(C(=O)NC(C)(C)C)ccn1. The van der Waals surface area contributed by atoms with Gasteiger partial charge in [0.05, 0.1) is 0 Å². The molecule has 0 aliphatic heterocycles. The van der Waals surface area contributed by atoms with Gasteiger partial charge in [-0.1, -0.05) is 45.9 Å². The summed E-state index contributed by atoms with van der Waals surface area (Å²) < 4.78 is 0. The van der Waals surface area contributed by atoms with Crippen LogP contribution in [0.2, 0.25) is 0 Å². The van der Waals surface area contributed by atoms with Gasteiger partial charge in [0.15, 0.2) is 0 Å². The number of nitrogens with zero attached hydrogens (tertiary/aromatic N) is 1. The summed E-state index contributed by atoms with van der Waals surface area (Å²) in [6, 6.07) is 9.23. The summed E-state index contributed by atoms with van der Waals surface area (Å²) in [6.07, 6.45) is 1.49. The van der Waals surface area contributed by atoms with E-state index in [2.05, 4.69) is 43.3 Å². The number of rotatable bonds is 5. The van der Waals surface area contributed by atoms with E-state index in [-0.39, 0.29) is 34.9 Å². The molecule has 5 nitrogen and oxygen atoms in total. The first-order chi connectivity index (χ1) is 13.0. The summed E-state index contributed by atoms with van der Waals surface area (Å²) in [4.78, 5) is 29.5. The van der Waals surface area contributed by atoms with Crippen molar-refractivity contribution in [3.8, 4) is 0 Å². The molecule has 0 atom stereocenters. The third-order valence-electron chi connectivity index (χ3n) is 4.35. The summed E-state index contributed by atoms with van der Waals surface area (Å²) in [5.41, 5.74) is 3.28. The summed E-state index contributed by atoms with van der Waals surface area (Å²) in [6.45, 7) is 14.1. The van der Waals surface area contributed by atoms with Gasteiger partial charge >= 0.3 is 0 Å². The quantitative estimate of drug-likeness (QED) is 0.756. The van der Waals surface area contributed by atoms with Gasteiger partial charge in [0.25, 0.3) is 11.8 Å². The number of carbonyl (C=O) groups is 2. The van der Waals surface area contributed by atoms with Crippen LogP contribution < -0.4 is 10.6 Å². The number of carbonyl (C=O) groups excluding carboxylic acids is 2. The summed E-state index contributed by atoms with van der Waals surface area (Å²) >= 11 is 0. The Morgan fingerprint density at radius 1 is 0.929 bits per heavy atom. The third kappa shape index (κ3) is 5.41. The molecule has 0 spiro atoms. The van der Waals surface area contributed by atoms with Crippen LogP contribution >= 0.6 is 0 Å². The molecule has 2 N–H and O–H groups in total. The molecular weight excluding hydrogens is 350 g/mol. The number of aromatic nitrogens is 1. The standard InChI is InChI=1S/C23H31N3O2/c1-14(2)17-9-8-10-18(15(3)4)20(17)25-22(28)19-13-16(11-12-24-19)21(27)26-23(5,6)7/h8-15H,1-7H3,(H,25,28)(H,26,27). The lowest BCUT2D eigenvalue weighted by Gasteiger charge is -2.21. The van der Waals surface area contributed by atoms with E-state index in [1.54, 1.807) is 6.07 Å². The second-order valence-corrected chi connectivity index (χ2v) is 8.71. The number of amides is 2. The van der Waals surface area contributed by atoms with Crippen LogP contribution in [0.5, 0.6) is 0 Å². The minimum Gasteiger partial charge on any atom is -0.347 e. The topological polar surface area (TPSA) is 71.1 Å². The van der Waals surface area contributed by atoms with E-state index in [1.807, 2.05) is 39.0 Å². The Morgan fingerprint density at radius 2 is 1.50 bits per heavy atom. The molecule has 0 bridgehead atoms. The number of hydrogen-bond acceptors (Lipinski definition) is 3. The van der Waals surface area contributed by atoms with Gasteiger partial charge in [0, 0.05) is 23.0 Å². The number of pyridine rings is 1. The first-order valence-corrected chi connectivity index (χ1v) is 9.72. The lowest BCUT2D eigenvalue weighted by Crippen LogP contribution is -2.40. The van der Waals surface area contributed by atoms with Crippen molar-refractivity contribution in [2.75, 3.05) is 5.32 Å². The number of para-hydroxylation sites is 1. The summed E-state index contributed by atoms with van der Waals surface area (Å²) in [7, 11) is 0. The molecule has 0 aliphatic carbocycles. The molecule has 2 rings (SSSR count). The number of nitrogens with one attached hydrogen (secondary N) is 2. The van der Waals surface area contributed by atoms with Crippen molar-refractivity contribution in [1.29, 1.82) is 0 Å². The molecule has 1 aromatic heterocycles. The van der Waals surface area contributed by atoms with Gasteiger partial charge in [-0.3, -0.25) is 14.6 Å². The highest BCUT2D eigenvalue weighted by Gasteiger charge is 2.20. The molecule has 0 fully saturated rings. The molecule has 0 aliphatic rings. The van der Waals surface area contributed by atoms with E-state index in [1.165, 1.54) is 12.3 Å². The fourth-order valence-electron chi connectivity index (χ4n) is 2.98. The Bertz CT molecular complexity index is 838. The van der Waals surface area contributed by atoms with E-state index in [0.717, 1.165) is 16.8 Å². The van der Waals surface area contributed by atoms with Crippen LogP contribution in [0.15, 0.2) is 36.5 Å². The maximum atomic E-state index is 12.9. The summed E-state index contributed by atoms with van der Waals surface area (Å²) in [5, 5.41) is 5.94. The molecule has 0 saturated carbocycles. The maximum absolute atomic E-state index is 12.9. The largest absolute Gasteiger partial charge is 0.347 e. The predicted octanol–water partition coefficient (Wildman–Crippen LogP) is 5.11. The van der Waals surface area contributed by atoms with Gasteiger partial charge in [-0.2, -0.15) is 0 Å². The Labute approximate surface area is 168 Å². The molecule has 0 unspecified atom stereocenters. The molecule has 1 aromatic carbocycles. The smallest absolute Gasteiger partial charge is 0.274 e. The minimum absolute atomic E-state index is 0.217. The van der Waals surface area contributed by atoms with Crippen molar-refractivity contribution in [1.82, 2.24) is 10.3 Å². The van der Waals surface area contributed by atoms with Gasteiger partial charge in [-0.25, -0.2) is 0 Å². The second kappa shape index (κ2) is 8.55. The van der Waals surface area contributed by atoms with Crippen molar-refractivity contribution < 1.29 is 9.59 Å². The van der Waals surface area contributed by atoms with Gasteiger partial charge in [-0.05, 0) is 55.9 Å². The highest BCUT2D eigenvalue weighted by molar-refractivity contribution is 6.05. The number of hydrogen-bond donors (Lipinski definition) is 2. The van der Waals surface area contributed by atoms with Crippen LogP contribution in [0, 0.1) is 0 Å². The van der Waals surface area contributed by atoms with Crippen LogP contribution in [0.4, 0.5) is 5.69 Å². The predicted molar refractivity (Wildman–Crippen MR) is 114 cm³/mol. The summed E-state index contributed by atoms with van der Waals surface area (Å²) in [5.74, 6) is -0.00785. The Kier molecular flexibility index (Phi) is 6.60. The first-order valence-electron chi connectivity index (χ1n) is 9.72. The van der Waals surface area contributed by atoms with Crippen LogP contribution in [-0.4, -0.2) is 22.3 Å². The van der Waals surface area contributed by atoms with E-state index in [0.29, 0.717) is 5.56 Å². The monoisotopic (exact) mass is 381 g/mol. The van der Waals surface area contributed by atoms with Crippen molar-refractivity contribution in [3.05, 3.63) is 58.9 Å². The third-order valence-corrected chi connectivity index (χ3v) is 4.35. The molecule has 2 amide bonds. The van der Waals surface area contributed by atoms with E-state index >= 15 is 0 Å². The molecule has 28 heavy (non-hydrogen) atoms. The van der Waals surface area contributed by atoms with Crippen LogP contribution in [0.1, 0.15) is 92.3 Å².